The van der Waals surface area contributed by atoms with Crippen LogP contribution < -0.4 is 5.73 Å². The number of nitrogens with two attached hydrogens (primary N) is 1. The van der Waals surface area contributed by atoms with Crippen molar-refractivity contribution in [1.29, 1.82) is 0 Å². The zero-order chi connectivity index (χ0) is 13.8. The molecule has 104 valence electrons. The molecule has 0 bridgehead atoms. The highest BCUT2D eigenvalue weighted by molar-refractivity contribution is 5.92. The van der Waals surface area contributed by atoms with Crippen molar-refractivity contribution in [3.05, 3.63) is 12.3 Å². The summed E-state index contributed by atoms with van der Waals surface area (Å²) in [5.41, 5.74) is 5.52. The predicted octanol–water partition coefficient (Wildman–Crippen LogP) is -0.454. The number of anilines is 1. The second-order valence-corrected chi connectivity index (χ2v) is 4.58. The Morgan fingerprint density at radius 3 is 2.53 bits per heavy atom. The quantitative estimate of drug-likeness (QED) is 0.781. The molecule has 0 saturated carbocycles. The highest BCUT2D eigenvalue weighted by Crippen LogP contribution is 2.06. The van der Waals surface area contributed by atoms with Gasteiger partial charge in [0.2, 0.25) is 11.8 Å². The molecule has 19 heavy (non-hydrogen) atoms. The summed E-state index contributed by atoms with van der Waals surface area (Å²) in [7, 11) is 0. The molecule has 0 spiro atoms. The van der Waals surface area contributed by atoms with Gasteiger partial charge in [0.25, 0.3) is 0 Å². The Morgan fingerprint density at radius 2 is 1.89 bits per heavy atom. The summed E-state index contributed by atoms with van der Waals surface area (Å²) in [5.74, 6) is 0.523. The summed E-state index contributed by atoms with van der Waals surface area (Å²) in [4.78, 5) is 26.7. The number of rotatable bonds is 5. The van der Waals surface area contributed by atoms with Gasteiger partial charge >= 0.3 is 0 Å². The minimum absolute atomic E-state index is 0.0152. The number of carbonyl (C=O) groups is 2. The molecule has 2 N–H and O–H groups in total. The average molecular weight is 265 g/mol. The van der Waals surface area contributed by atoms with E-state index in [4.69, 9.17) is 5.73 Å². The molecule has 0 aliphatic carbocycles. The number of piperazine rings is 1. The maximum Gasteiger partial charge on any atom is 0.242 e. The first kappa shape index (κ1) is 13.4. The fraction of sp³-hybridized carbons (Fsp3) is 0.583. The number of amides is 2. The molecule has 2 heterocycles. The average Bonchev–Trinajstić information content (AvgIpc) is 2.79. The van der Waals surface area contributed by atoms with Crippen LogP contribution in [0.3, 0.4) is 0 Å². The number of hydrogen-bond donors (Lipinski definition) is 1. The van der Waals surface area contributed by atoms with Crippen molar-refractivity contribution in [3.63, 3.8) is 0 Å². The molecule has 7 nitrogen and oxygen atoms in total. The van der Waals surface area contributed by atoms with E-state index in [1.54, 1.807) is 26.7 Å². The van der Waals surface area contributed by atoms with Gasteiger partial charge in [-0.15, -0.1) is 0 Å². The first-order valence-corrected chi connectivity index (χ1v) is 6.44. The molecule has 7 heteroatoms. The lowest BCUT2D eigenvalue weighted by atomic mass is 10.2. The fourth-order valence-corrected chi connectivity index (χ4v) is 2.12. The van der Waals surface area contributed by atoms with Gasteiger partial charge in [-0.3, -0.25) is 14.3 Å². The molecule has 2 rings (SSSR count). The second kappa shape index (κ2) is 5.73. The van der Waals surface area contributed by atoms with E-state index in [1.807, 2.05) is 6.92 Å². The van der Waals surface area contributed by atoms with E-state index in [0.29, 0.717) is 25.5 Å². The van der Waals surface area contributed by atoms with E-state index >= 15 is 0 Å². The number of aryl methyl sites for hydroxylation is 1. The molecule has 1 aliphatic rings. The molecule has 1 fully saturated rings. The number of aromatic nitrogens is 2. The van der Waals surface area contributed by atoms with Gasteiger partial charge in [0, 0.05) is 25.8 Å². The van der Waals surface area contributed by atoms with E-state index in [1.165, 1.54) is 0 Å². The van der Waals surface area contributed by atoms with Crippen molar-refractivity contribution in [1.82, 2.24) is 19.6 Å². The predicted molar refractivity (Wildman–Crippen MR) is 70.1 cm³/mol. The molecule has 0 radical (unpaired) electrons. The SMILES string of the molecule is CCN1CC(=O)N(CCCn2ccc(N)n2)CC1=O. The third-order valence-corrected chi connectivity index (χ3v) is 3.22. The van der Waals surface area contributed by atoms with Gasteiger partial charge in [-0.1, -0.05) is 0 Å². The van der Waals surface area contributed by atoms with Crippen molar-refractivity contribution in [2.45, 2.75) is 19.9 Å². The van der Waals surface area contributed by atoms with Crippen LogP contribution in [0.5, 0.6) is 0 Å². The van der Waals surface area contributed by atoms with Gasteiger partial charge in [-0.2, -0.15) is 5.10 Å². The number of hydrogen-bond acceptors (Lipinski definition) is 4. The highest BCUT2D eigenvalue weighted by atomic mass is 16.2. The van der Waals surface area contributed by atoms with Crippen LogP contribution in [0.1, 0.15) is 13.3 Å². The molecule has 2 amide bonds. The van der Waals surface area contributed by atoms with Gasteiger partial charge < -0.3 is 15.5 Å². The summed E-state index contributed by atoms with van der Waals surface area (Å²) in [5, 5.41) is 4.07. The van der Waals surface area contributed by atoms with Crippen LogP contribution in [-0.4, -0.2) is 57.6 Å². The normalized spacial score (nSPS) is 16.3. The number of nitrogen functional groups attached to an aromatic ring is 1. The Labute approximate surface area is 111 Å². The van der Waals surface area contributed by atoms with Crippen LogP contribution in [0.2, 0.25) is 0 Å². The van der Waals surface area contributed by atoms with Crippen molar-refractivity contribution < 1.29 is 9.59 Å². The molecular formula is C12H19N5O2. The lowest BCUT2D eigenvalue weighted by Gasteiger charge is -2.33. The lowest BCUT2D eigenvalue weighted by molar-refractivity contribution is -0.149. The van der Waals surface area contributed by atoms with Gasteiger partial charge in [0.15, 0.2) is 0 Å². The number of likely N-dealkylation sites (N-methyl/N-ethyl adjacent to an activating group) is 1. The van der Waals surface area contributed by atoms with E-state index in [2.05, 4.69) is 5.10 Å². The van der Waals surface area contributed by atoms with Gasteiger partial charge in [-0.25, -0.2) is 0 Å². The summed E-state index contributed by atoms with van der Waals surface area (Å²) in [6.45, 7) is 4.11. The Bertz CT molecular complexity index is 470. The van der Waals surface area contributed by atoms with Crippen molar-refractivity contribution in [3.8, 4) is 0 Å². The smallest absolute Gasteiger partial charge is 0.242 e. The molecule has 1 aromatic heterocycles. The maximum atomic E-state index is 11.8. The van der Waals surface area contributed by atoms with Crippen LogP contribution in [0.25, 0.3) is 0 Å². The summed E-state index contributed by atoms with van der Waals surface area (Å²) < 4.78 is 1.74. The molecule has 0 aromatic carbocycles. The van der Waals surface area contributed by atoms with Gasteiger partial charge in [0.1, 0.15) is 5.82 Å². The molecule has 1 saturated heterocycles. The molecule has 1 aliphatic heterocycles. The van der Waals surface area contributed by atoms with Crippen LogP contribution in [0.4, 0.5) is 5.82 Å². The van der Waals surface area contributed by atoms with Crippen LogP contribution in [0.15, 0.2) is 12.3 Å². The maximum absolute atomic E-state index is 11.8. The monoisotopic (exact) mass is 265 g/mol. The minimum Gasteiger partial charge on any atom is -0.382 e. The number of nitrogens with zero attached hydrogens (tertiary/aromatic N) is 4. The van der Waals surface area contributed by atoms with E-state index in [0.717, 1.165) is 6.42 Å². The largest absolute Gasteiger partial charge is 0.382 e. The first-order valence-electron chi connectivity index (χ1n) is 6.44. The molecular weight excluding hydrogens is 246 g/mol. The third kappa shape index (κ3) is 3.24. The zero-order valence-electron chi connectivity index (χ0n) is 11.1. The van der Waals surface area contributed by atoms with Gasteiger partial charge in [-0.05, 0) is 19.4 Å². The Hall–Kier alpha value is -2.05. The van der Waals surface area contributed by atoms with E-state index in [-0.39, 0.29) is 24.9 Å². The van der Waals surface area contributed by atoms with Crippen molar-refractivity contribution in [2.24, 2.45) is 0 Å². The Balaban J connectivity index is 1.80. The summed E-state index contributed by atoms with van der Waals surface area (Å²) >= 11 is 0. The van der Waals surface area contributed by atoms with Crippen LogP contribution >= 0.6 is 0 Å². The third-order valence-electron chi connectivity index (χ3n) is 3.22. The second-order valence-electron chi connectivity index (χ2n) is 4.58. The molecule has 1 aromatic rings. The van der Waals surface area contributed by atoms with E-state index in [9.17, 15) is 9.59 Å². The summed E-state index contributed by atoms with van der Waals surface area (Å²) in [6, 6.07) is 1.73. The zero-order valence-corrected chi connectivity index (χ0v) is 11.1. The summed E-state index contributed by atoms with van der Waals surface area (Å²) in [6.07, 6.45) is 2.56. The fourth-order valence-electron chi connectivity index (χ4n) is 2.12. The topological polar surface area (TPSA) is 84.5 Å². The Kier molecular flexibility index (Phi) is 4.03. The van der Waals surface area contributed by atoms with Crippen LogP contribution in [0, 0.1) is 0 Å². The lowest BCUT2D eigenvalue weighted by Crippen LogP contribution is -2.53. The van der Waals surface area contributed by atoms with E-state index < -0.39 is 0 Å². The van der Waals surface area contributed by atoms with Crippen LogP contribution in [-0.2, 0) is 16.1 Å². The minimum atomic E-state index is 0.0152. The first-order chi connectivity index (χ1) is 9.10. The number of carbonyl (C=O) groups excluding carboxylic acids is 2. The van der Waals surface area contributed by atoms with Crippen molar-refractivity contribution >= 4 is 17.6 Å². The Morgan fingerprint density at radius 1 is 1.21 bits per heavy atom. The van der Waals surface area contributed by atoms with Crippen molar-refractivity contribution in [2.75, 3.05) is 31.9 Å². The molecule has 0 unspecified atom stereocenters. The highest BCUT2D eigenvalue weighted by Gasteiger charge is 2.28. The standard InChI is InChI=1S/C12H19N5O2/c1-2-15-8-12(19)16(9-11(15)18)5-3-6-17-7-4-10(13)14-17/h4,7H,2-3,5-6,8-9H2,1H3,(H2,13,14). The van der Waals surface area contributed by atoms with Gasteiger partial charge in [0.05, 0.1) is 13.1 Å². The molecule has 0 atom stereocenters.